The first-order valence-electron chi connectivity index (χ1n) is 12.0. The number of aryl methyl sites for hydroxylation is 2. The number of hydrazone groups is 1. The number of rotatable bonds is 6. The molecule has 0 aliphatic carbocycles. The molecule has 0 radical (unpaired) electrons. The molecule has 10 heteroatoms. The van der Waals surface area contributed by atoms with Gasteiger partial charge in [-0.2, -0.15) is 13.2 Å². The van der Waals surface area contributed by atoms with E-state index in [4.69, 9.17) is 4.74 Å². The molecule has 0 spiro atoms. The van der Waals surface area contributed by atoms with Gasteiger partial charge in [0.05, 0.1) is 21.8 Å². The molecule has 5 rings (SSSR count). The van der Waals surface area contributed by atoms with E-state index in [0.29, 0.717) is 5.56 Å². The van der Waals surface area contributed by atoms with E-state index < -0.39 is 27.5 Å². The van der Waals surface area contributed by atoms with Gasteiger partial charge in [-0.1, -0.05) is 71.8 Å². The van der Waals surface area contributed by atoms with Crippen molar-refractivity contribution in [2.75, 3.05) is 9.73 Å². The van der Waals surface area contributed by atoms with E-state index in [2.05, 4.69) is 9.82 Å². The standard InChI is InChI=1S/C29H24F3N3O3S/c1-20-15-17-24(18-16-20)39(36,37)34-26-14-7-6-13-25(26)28(29(30,31)32)35(23-11-4-3-5-12-23)33-27(38-28)22-10-8-9-21(2)19-22/h3-19,34H,1-2H3. The fourth-order valence-electron chi connectivity index (χ4n) is 4.36. The van der Waals surface area contributed by atoms with Crippen molar-refractivity contribution in [3.63, 3.8) is 0 Å². The second-order valence-corrected chi connectivity index (χ2v) is 10.8. The average molecular weight is 552 g/mol. The third kappa shape index (κ3) is 4.83. The Morgan fingerprint density at radius 1 is 0.821 bits per heavy atom. The molecule has 1 atom stereocenters. The normalized spacial score (nSPS) is 17.5. The van der Waals surface area contributed by atoms with Crippen molar-refractivity contribution in [3.05, 3.63) is 125 Å². The Morgan fingerprint density at radius 3 is 2.15 bits per heavy atom. The zero-order chi connectivity index (χ0) is 27.8. The van der Waals surface area contributed by atoms with Crippen molar-refractivity contribution in [2.24, 2.45) is 5.10 Å². The molecule has 0 saturated heterocycles. The number of nitrogens with one attached hydrogen (secondary N) is 1. The van der Waals surface area contributed by atoms with E-state index >= 15 is 13.2 Å². The first-order valence-corrected chi connectivity index (χ1v) is 13.5. The smallest absolute Gasteiger partial charge is 0.433 e. The van der Waals surface area contributed by atoms with Crippen LogP contribution in [0.1, 0.15) is 22.3 Å². The molecule has 1 unspecified atom stereocenters. The van der Waals surface area contributed by atoms with Crippen molar-refractivity contribution in [1.82, 2.24) is 0 Å². The lowest BCUT2D eigenvalue weighted by atomic mass is 9.98. The minimum Gasteiger partial charge on any atom is -0.433 e. The zero-order valence-corrected chi connectivity index (χ0v) is 21.8. The van der Waals surface area contributed by atoms with Crippen molar-refractivity contribution in [3.8, 4) is 0 Å². The Bertz CT molecular complexity index is 1640. The lowest BCUT2D eigenvalue weighted by Crippen LogP contribution is -2.54. The third-order valence-electron chi connectivity index (χ3n) is 6.25. The summed E-state index contributed by atoms with van der Waals surface area (Å²) in [5.41, 5.74) is -1.85. The molecular formula is C29H24F3N3O3S. The van der Waals surface area contributed by atoms with Crippen molar-refractivity contribution in [1.29, 1.82) is 0 Å². The van der Waals surface area contributed by atoms with Gasteiger partial charge in [-0.3, -0.25) is 4.72 Å². The van der Waals surface area contributed by atoms with E-state index in [1.165, 1.54) is 48.5 Å². The van der Waals surface area contributed by atoms with Crippen molar-refractivity contribution < 1.29 is 26.3 Å². The summed E-state index contributed by atoms with van der Waals surface area (Å²) in [5, 5.41) is 5.06. The maximum atomic E-state index is 15.4. The first kappa shape index (κ1) is 26.3. The molecule has 0 aromatic heterocycles. The number of hydrogen-bond donors (Lipinski definition) is 1. The van der Waals surface area contributed by atoms with Gasteiger partial charge in [0, 0.05) is 5.56 Å². The number of benzene rings is 4. The van der Waals surface area contributed by atoms with Gasteiger partial charge in [-0.25, -0.2) is 13.4 Å². The molecule has 0 amide bonds. The van der Waals surface area contributed by atoms with Crippen LogP contribution in [-0.2, 0) is 20.5 Å². The predicted molar refractivity (Wildman–Crippen MR) is 144 cm³/mol. The van der Waals surface area contributed by atoms with Crippen LogP contribution in [0.2, 0.25) is 0 Å². The molecule has 200 valence electrons. The van der Waals surface area contributed by atoms with Crippen molar-refractivity contribution >= 4 is 27.3 Å². The molecule has 4 aromatic carbocycles. The lowest BCUT2D eigenvalue weighted by Gasteiger charge is -2.38. The van der Waals surface area contributed by atoms with E-state index in [9.17, 15) is 8.42 Å². The van der Waals surface area contributed by atoms with Crippen LogP contribution in [-0.4, -0.2) is 20.5 Å². The summed E-state index contributed by atoms with van der Waals surface area (Å²) in [6.07, 6.45) is -5.07. The Labute approximate surface area is 224 Å². The SMILES string of the molecule is Cc1ccc(S(=O)(=O)Nc2ccccc2C2(C(F)(F)F)OC(c3cccc(C)c3)=NN2c2ccccc2)cc1. The number of para-hydroxylation sites is 2. The molecule has 0 saturated carbocycles. The van der Waals surface area contributed by atoms with Crippen molar-refractivity contribution in [2.45, 2.75) is 30.6 Å². The lowest BCUT2D eigenvalue weighted by molar-refractivity contribution is -0.253. The summed E-state index contributed by atoms with van der Waals surface area (Å²) in [6.45, 7) is 3.60. The highest BCUT2D eigenvalue weighted by Gasteiger charge is 2.67. The van der Waals surface area contributed by atoms with Crippen LogP contribution in [0.3, 0.4) is 0 Å². The van der Waals surface area contributed by atoms with Gasteiger partial charge in [-0.05, 0) is 56.3 Å². The number of ether oxygens (including phenoxy) is 1. The van der Waals surface area contributed by atoms with Crippen LogP contribution in [0.4, 0.5) is 24.5 Å². The average Bonchev–Trinajstić information content (AvgIpc) is 3.32. The number of hydrogen-bond acceptors (Lipinski definition) is 5. The van der Waals surface area contributed by atoms with E-state index in [1.807, 2.05) is 0 Å². The number of sulfonamides is 1. The molecular weight excluding hydrogens is 527 g/mol. The first-order chi connectivity index (χ1) is 18.5. The highest BCUT2D eigenvalue weighted by Crippen LogP contribution is 2.52. The van der Waals surface area contributed by atoms with Gasteiger partial charge >= 0.3 is 11.9 Å². The molecule has 1 N–H and O–H groups in total. The van der Waals surface area contributed by atoms with E-state index in [1.54, 1.807) is 68.4 Å². The second-order valence-electron chi connectivity index (χ2n) is 9.13. The molecule has 1 aliphatic rings. The number of anilines is 2. The fourth-order valence-corrected chi connectivity index (χ4v) is 5.44. The van der Waals surface area contributed by atoms with Crippen LogP contribution >= 0.6 is 0 Å². The van der Waals surface area contributed by atoms with E-state index in [-0.39, 0.29) is 22.2 Å². The Kier molecular flexibility index (Phi) is 6.59. The van der Waals surface area contributed by atoms with Crippen LogP contribution in [0, 0.1) is 13.8 Å². The minimum absolute atomic E-state index is 0.0899. The van der Waals surface area contributed by atoms with Gasteiger partial charge in [0.1, 0.15) is 0 Å². The third-order valence-corrected chi connectivity index (χ3v) is 7.63. The summed E-state index contributed by atoms with van der Waals surface area (Å²) in [5.74, 6) is -0.254. The molecule has 6 nitrogen and oxygen atoms in total. The van der Waals surface area contributed by atoms with Crippen LogP contribution < -0.4 is 9.73 Å². The maximum absolute atomic E-state index is 15.4. The van der Waals surface area contributed by atoms with E-state index in [0.717, 1.165) is 16.1 Å². The van der Waals surface area contributed by atoms with Gasteiger partial charge in [0.2, 0.25) is 5.90 Å². The molecule has 1 aliphatic heterocycles. The summed E-state index contributed by atoms with van der Waals surface area (Å²) >= 11 is 0. The zero-order valence-electron chi connectivity index (χ0n) is 21.0. The summed E-state index contributed by atoms with van der Waals surface area (Å²) < 4.78 is 80.7. The number of nitrogens with zero attached hydrogens (tertiary/aromatic N) is 2. The minimum atomic E-state index is -5.07. The number of halogens is 3. The predicted octanol–water partition coefficient (Wildman–Crippen LogP) is 6.72. The maximum Gasteiger partial charge on any atom is 0.455 e. The van der Waals surface area contributed by atoms with Crippen LogP contribution in [0.25, 0.3) is 0 Å². The number of alkyl halides is 3. The Morgan fingerprint density at radius 2 is 1.49 bits per heavy atom. The highest BCUT2D eigenvalue weighted by molar-refractivity contribution is 7.92. The second kappa shape index (κ2) is 9.77. The topological polar surface area (TPSA) is 71.0 Å². The Hall–Kier alpha value is -4.31. The largest absolute Gasteiger partial charge is 0.455 e. The quantitative estimate of drug-likeness (QED) is 0.289. The molecule has 1 heterocycles. The van der Waals surface area contributed by atoms with Gasteiger partial charge in [0.25, 0.3) is 10.0 Å². The molecule has 39 heavy (non-hydrogen) atoms. The summed E-state index contributed by atoms with van der Waals surface area (Å²) in [7, 11) is -4.24. The summed E-state index contributed by atoms with van der Waals surface area (Å²) in [4.78, 5) is -0.0899. The fraction of sp³-hybridized carbons (Fsp3) is 0.138. The monoisotopic (exact) mass is 551 g/mol. The van der Waals surface area contributed by atoms with Gasteiger partial charge in [0.15, 0.2) is 0 Å². The van der Waals surface area contributed by atoms with Crippen LogP contribution in [0.5, 0.6) is 0 Å². The molecule has 0 fully saturated rings. The molecule has 4 aromatic rings. The van der Waals surface area contributed by atoms with Gasteiger partial charge < -0.3 is 4.74 Å². The summed E-state index contributed by atoms with van der Waals surface area (Å²) in [6, 6.07) is 25.9. The molecule has 0 bridgehead atoms. The van der Waals surface area contributed by atoms with Crippen LogP contribution in [0.15, 0.2) is 113 Å². The Balaban J connectivity index is 1.70. The highest BCUT2D eigenvalue weighted by atomic mass is 32.2. The van der Waals surface area contributed by atoms with Gasteiger partial charge in [-0.15, -0.1) is 5.10 Å².